The van der Waals surface area contributed by atoms with Crippen molar-refractivity contribution in [3.8, 4) is 0 Å². The molecule has 1 nitrogen and oxygen atoms in total. The monoisotopic (exact) mass is 197 g/mol. The predicted molar refractivity (Wildman–Crippen MR) is 46.0 cm³/mol. The Balaban J connectivity index is 2.67. The van der Waals surface area contributed by atoms with E-state index in [-0.39, 0.29) is 0 Å². The smallest absolute Gasteiger partial charge is 0.0303 e. The van der Waals surface area contributed by atoms with Crippen molar-refractivity contribution in [2.75, 3.05) is 0 Å². The van der Waals surface area contributed by atoms with Crippen molar-refractivity contribution in [1.29, 1.82) is 0 Å². The third-order valence-electron chi connectivity index (χ3n) is 1.12. The fourth-order valence-electron chi connectivity index (χ4n) is 0.724. The first-order chi connectivity index (χ1) is 4.79. The Morgan fingerprint density at radius 3 is 3.00 bits per heavy atom. The molecule has 0 unspecified atom stereocenters. The molecule has 1 aromatic rings. The fourth-order valence-corrected chi connectivity index (χ4v) is 1.05. The summed E-state index contributed by atoms with van der Waals surface area (Å²) in [6.07, 6.45) is 4.46. The van der Waals surface area contributed by atoms with Crippen LogP contribution >= 0.6 is 15.9 Å². The topological polar surface area (TPSA) is 12.9 Å². The lowest BCUT2D eigenvalue weighted by Gasteiger charge is -1.95. The maximum atomic E-state index is 3.98. The standard InChI is InChI=1S/C8H8BrN/c1-7(9)5-8-3-2-4-10-6-8/h2-4,6H,1,5H2. The molecule has 0 saturated heterocycles. The lowest BCUT2D eigenvalue weighted by molar-refractivity contribution is 1.18. The lowest BCUT2D eigenvalue weighted by Crippen LogP contribution is -1.82. The molecule has 0 spiro atoms. The minimum Gasteiger partial charge on any atom is -0.264 e. The van der Waals surface area contributed by atoms with Crippen molar-refractivity contribution in [3.63, 3.8) is 0 Å². The lowest BCUT2D eigenvalue weighted by atomic mass is 10.2. The zero-order chi connectivity index (χ0) is 7.40. The van der Waals surface area contributed by atoms with Gasteiger partial charge in [0.25, 0.3) is 0 Å². The highest BCUT2D eigenvalue weighted by atomic mass is 79.9. The van der Waals surface area contributed by atoms with Gasteiger partial charge in [-0.05, 0) is 16.1 Å². The van der Waals surface area contributed by atoms with Gasteiger partial charge in [0.1, 0.15) is 0 Å². The van der Waals surface area contributed by atoms with Crippen molar-refractivity contribution >= 4 is 15.9 Å². The Morgan fingerprint density at radius 2 is 2.50 bits per heavy atom. The van der Waals surface area contributed by atoms with E-state index >= 15 is 0 Å². The summed E-state index contributed by atoms with van der Waals surface area (Å²) in [5.74, 6) is 0. The predicted octanol–water partition coefficient (Wildman–Crippen LogP) is 2.53. The molecule has 0 aliphatic carbocycles. The Kier molecular flexibility index (Phi) is 2.63. The van der Waals surface area contributed by atoms with Crippen LogP contribution < -0.4 is 0 Å². The first-order valence-corrected chi connectivity index (χ1v) is 3.80. The summed E-state index contributed by atoms with van der Waals surface area (Å²) in [6, 6.07) is 3.95. The van der Waals surface area contributed by atoms with Crippen molar-refractivity contribution in [2.45, 2.75) is 6.42 Å². The molecule has 0 aliphatic rings. The van der Waals surface area contributed by atoms with Gasteiger partial charge in [-0.25, -0.2) is 0 Å². The van der Waals surface area contributed by atoms with Crippen molar-refractivity contribution < 1.29 is 0 Å². The second kappa shape index (κ2) is 3.52. The number of halogens is 1. The maximum Gasteiger partial charge on any atom is 0.0303 e. The SMILES string of the molecule is C=C(Br)Cc1cccnc1. The van der Waals surface area contributed by atoms with Gasteiger partial charge < -0.3 is 0 Å². The van der Waals surface area contributed by atoms with E-state index in [1.165, 1.54) is 5.56 Å². The van der Waals surface area contributed by atoms with Crippen LogP contribution in [-0.4, -0.2) is 4.98 Å². The summed E-state index contributed by atoms with van der Waals surface area (Å²) < 4.78 is 0.987. The van der Waals surface area contributed by atoms with Gasteiger partial charge in [-0.1, -0.05) is 28.6 Å². The molecule has 0 amide bonds. The largest absolute Gasteiger partial charge is 0.264 e. The Hall–Kier alpha value is -0.630. The molecule has 10 heavy (non-hydrogen) atoms. The first kappa shape index (κ1) is 7.48. The summed E-state index contributed by atoms with van der Waals surface area (Å²) in [5, 5.41) is 0. The molecule has 0 fully saturated rings. The zero-order valence-electron chi connectivity index (χ0n) is 5.55. The molecule has 0 radical (unpaired) electrons. The molecule has 0 aromatic carbocycles. The van der Waals surface area contributed by atoms with Crippen LogP contribution in [0.3, 0.4) is 0 Å². The van der Waals surface area contributed by atoms with Crippen LogP contribution in [0.15, 0.2) is 35.6 Å². The van der Waals surface area contributed by atoms with Gasteiger partial charge in [0.2, 0.25) is 0 Å². The molecule has 2 heteroatoms. The summed E-state index contributed by atoms with van der Waals surface area (Å²) in [6.45, 7) is 3.74. The molecule has 0 aliphatic heterocycles. The minimum atomic E-state index is 0.855. The average Bonchev–Trinajstić information content (AvgIpc) is 1.88. The number of nitrogens with zero attached hydrogens (tertiary/aromatic N) is 1. The number of rotatable bonds is 2. The summed E-state index contributed by atoms with van der Waals surface area (Å²) in [7, 11) is 0. The molecule has 1 aromatic heterocycles. The average molecular weight is 198 g/mol. The molecule has 0 saturated carbocycles. The Morgan fingerprint density at radius 1 is 1.70 bits per heavy atom. The molecule has 1 rings (SSSR count). The number of allylic oxidation sites excluding steroid dienone is 1. The van der Waals surface area contributed by atoms with Crippen LogP contribution in [0.1, 0.15) is 5.56 Å². The minimum absolute atomic E-state index is 0.855. The van der Waals surface area contributed by atoms with E-state index in [1.807, 2.05) is 18.3 Å². The highest BCUT2D eigenvalue weighted by molar-refractivity contribution is 9.11. The van der Waals surface area contributed by atoms with Crippen LogP contribution in [-0.2, 0) is 6.42 Å². The maximum absolute atomic E-state index is 3.98. The van der Waals surface area contributed by atoms with E-state index in [9.17, 15) is 0 Å². The first-order valence-electron chi connectivity index (χ1n) is 3.01. The van der Waals surface area contributed by atoms with Gasteiger partial charge in [0.15, 0.2) is 0 Å². The van der Waals surface area contributed by atoms with Crippen LogP contribution in [0, 0.1) is 0 Å². The van der Waals surface area contributed by atoms with E-state index < -0.39 is 0 Å². The summed E-state index contributed by atoms with van der Waals surface area (Å²) >= 11 is 3.29. The molecule has 1 heterocycles. The van der Waals surface area contributed by atoms with E-state index in [0.717, 1.165) is 10.9 Å². The van der Waals surface area contributed by atoms with E-state index in [2.05, 4.69) is 27.5 Å². The third-order valence-corrected chi connectivity index (χ3v) is 1.40. The van der Waals surface area contributed by atoms with Gasteiger partial charge in [-0.2, -0.15) is 0 Å². The number of hydrogen-bond donors (Lipinski definition) is 0. The molecule has 0 N–H and O–H groups in total. The van der Waals surface area contributed by atoms with Gasteiger partial charge in [0, 0.05) is 18.8 Å². The normalized spacial score (nSPS) is 9.30. The van der Waals surface area contributed by atoms with Gasteiger partial charge in [-0.3, -0.25) is 4.98 Å². The highest BCUT2D eigenvalue weighted by Crippen LogP contribution is 2.09. The summed E-state index contributed by atoms with van der Waals surface area (Å²) in [5.41, 5.74) is 1.18. The number of aromatic nitrogens is 1. The molecule has 52 valence electrons. The van der Waals surface area contributed by atoms with E-state index in [1.54, 1.807) is 6.20 Å². The highest BCUT2D eigenvalue weighted by Gasteiger charge is 1.90. The van der Waals surface area contributed by atoms with Crippen molar-refractivity contribution in [3.05, 3.63) is 41.2 Å². The molecule has 0 atom stereocenters. The van der Waals surface area contributed by atoms with Gasteiger partial charge in [0.05, 0.1) is 0 Å². The fraction of sp³-hybridized carbons (Fsp3) is 0.125. The van der Waals surface area contributed by atoms with Gasteiger partial charge in [-0.15, -0.1) is 0 Å². The Bertz CT molecular complexity index is 218. The van der Waals surface area contributed by atoms with E-state index in [0.29, 0.717) is 0 Å². The van der Waals surface area contributed by atoms with Crippen LogP contribution in [0.4, 0.5) is 0 Å². The van der Waals surface area contributed by atoms with Crippen LogP contribution in [0.25, 0.3) is 0 Å². The second-order valence-corrected chi connectivity index (χ2v) is 3.18. The van der Waals surface area contributed by atoms with E-state index in [4.69, 9.17) is 0 Å². The summed E-state index contributed by atoms with van der Waals surface area (Å²) in [4.78, 5) is 3.98. The van der Waals surface area contributed by atoms with Gasteiger partial charge >= 0.3 is 0 Å². The number of hydrogen-bond acceptors (Lipinski definition) is 1. The molecular formula is C8H8BrN. The quantitative estimate of drug-likeness (QED) is 0.711. The van der Waals surface area contributed by atoms with Crippen molar-refractivity contribution in [1.82, 2.24) is 4.98 Å². The molecule has 0 bridgehead atoms. The zero-order valence-corrected chi connectivity index (χ0v) is 7.13. The Labute approximate surface area is 68.9 Å². The third kappa shape index (κ3) is 2.31. The number of pyridine rings is 1. The van der Waals surface area contributed by atoms with Crippen LogP contribution in [0.2, 0.25) is 0 Å². The second-order valence-electron chi connectivity index (χ2n) is 2.06. The molecular weight excluding hydrogens is 190 g/mol. The van der Waals surface area contributed by atoms with Crippen LogP contribution in [0.5, 0.6) is 0 Å². The van der Waals surface area contributed by atoms with Crippen molar-refractivity contribution in [2.24, 2.45) is 0 Å².